The van der Waals surface area contributed by atoms with Gasteiger partial charge < -0.3 is 0 Å². The summed E-state index contributed by atoms with van der Waals surface area (Å²) in [5.74, 6) is 0.391. The average molecular weight is 324 g/mol. The maximum Gasteiger partial charge on any atom is 0.210 e. The van der Waals surface area contributed by atoms with Crippen molar-refractivity contribution >= 4 is 17.5 Å². The molecule has 0 aliphatic rings. The number of carbonyl (C=O) groups is 1. The molecule has 3 rings (SSSR count). The molecule has 0 fully saturated rings. The maximum atomic E-state index is 12.2. The van der Waals surface area contributed by atoms with Gasteiger partial charge in [-0.3, -0.25) is 4.79 Å². The summed E-state index contributed by atoms with van der Waals surface area (Å²) in [4.78, 5) is 12.2. The minimum atomic E-state index is 0.0734. The molecule has 0 saturated heterocycles. The van der Waals surface area contributed by atoms with Crippen LogP contribution >= 0.6 is 11.8 Å². The van der Waals surface area contributed by atoms with E-state index in [4.69, 9.17) is 0 Å². The lowest BCUT2D eigenvalue weighted by Crippen LogP contribution is -2.07. The van der Waals surface area contributed by atoms with E-state index in [0.29, 0.717) is 23.0 Å². The molecule has 0 atom stereocenters. The molecule has 3 aromatic rings. The molecule has 0 radical (unpaired) electrons. The fraction of sp³-hybridized carbons (Fsp3) is 0.176. The summed E-state index contributed by atoms with van der Waals surface area (Å²) in [6, 6.07) is 17.6. The Morgan fingerprint density at radius 2 is 1.83 bits per heavy atom. The second-order valence-corrected chi connectivity index (χ2v) is 6.13. The molecule has 0 unspecified atom stereocenters. The monoisotopic (exact) mass is 324 g/mol. The van der Waals surface area contributed by atoms with Gasteiger partial charge in [-0.2, -0.15) is 0 Å². The molecule has 5 nitrogen and oxygen atoms in total. The van der Waals surface area contributed by atoms with E-state index in [1.807, 2.05) is 61.5 Å². The van der Waals surface area contributed by atoms with E-state index in [2.05, 4.69) is 15.5 Å². The molecule has 0 saturated carbocycles. The summed E-state index contributed by atoms with van der Waals surface area (Å²) < 4.78 is 1.71. The van der Waals surface area contributed by atoms with Crippen LogP contribution in [0.1, 0.15) is 21.5 Å². The number of aromatic nitrogens is 4. The first-order valence-corrected chi connectivity index (χ1v) is 8.24. The van der Waals surface area contributed by atoms with Crippen molar-refractivity contribution in [3.05, 3.63) is 71.3 Å². The van der Waals surface area contributed by atoms with Gasteiger partial charge in [-0.25, -0.2) is 4.68 Å². The van der Waals surface area contributed by atoms with Crippen LogP contribution in [0.5, 0.6) is 0 Å². The highest BCUT2D eigenvalue weighted by atomic mass is 32.2. The Morgan fingerprint density at radius 1 is 1.09 bits per heavy atom. The molecule has 1 heterocycles. The fourth-order valence-electron chi connectivity index (χ4n) is 2.11. The van der Waals surface area contributed by atoms with E-state index in [0.717, 1.165) is 11.1 Å². The number of carbonyl (C=O) groups excluding carboxylic acids is 1. The number of benzene rings is 2. The topological polar surface area (TPSA) is 60.7 Å². The van der Waals surface area contributed by atoms with Crippen LogP contribution in [-0.4, -0.2) is 31.7 Å². The van der Waals surface area contributed by atoms with Gasteiger partial charge >= 0.3 is 0 Å². The third-order valence-electron chi connectivity index (χ3n) is 3.38. The molecule has 23 heavy (non-hydrogen) atoms. The Bertz CT molecular complexity index is 784. The quantitative estimate of drug-likeness (QED) is 0.515. The molecular formula is C17H16N4OS. The minimum Gasteiger partial charge on any atom is -0.293 e. The van der Waals surface area contributed by atoms with Crippen molar-refractivity contribution in [2.75, 3.05) is 5.75 Å². The van der Waals surface area contributed by atoms with Crippen molar-refractivity contribution in [1.82, 2.24) is 20.2 Å². The van der Waals surface area contributed by atoms with Crippen LogP contribution in [0.25, 0.3) is 0 Å². The van der Waals surface area contributed by atoms with Crippen LogP contribution in [0.4, 0.5) is 0 Å². The zero-order valence-electron chi connectivity index (χ0n) is 12.7. The van der Waals surface area contributed by atoms with Gasteiger partial charge in [0.25, 0.3) is 0 Å². The SMILES string of the molecule is Cc1ccc(C(=O)CSc2nnnn2Cc2ccccc2)cc1. The minimum absolute atomic E-state index is 0.0734. The molecule has 6 heteroatoms. The van der Waals surface area contributed by atoms with Crippen LogP contribution in [0.15, 0.2) is 59.8 Å². The van der Waals surface area contributed by atoms with Crippen LogP contribution in [0, 0.1) is 6.92 Å². The summed E-state index contributed by atoms with van der Waals surface area (Å²) in [7, 11) is 0. The van der Waals surface area contributed by atoms with Gasteiger partial charge in [0.1, 0.15) is 0 Å². The third-order valence-corrected chi connectivity index (χ3v) is 4.34. The maximum absolute atomic E-state index is 12.2. The normalized spacial score (nSPS) is 10.7. The van der Waals surface area contributed by atoms with Gasteiger partial charge in [-0.1, -0.05) is 71.9 Å². The number of aryl methyl sites for hydroxylation is 1. The summed E-state index contributed by atoms with van der Waals surface area (Å²) in [6.07, 6.45) is 0. The Balaban J connectivity index is 1.64. The molecular weight excluding hydrogens is 308 g/mol. The summed E-state index contributed by atoms with van der Waals surface area (Å²) in [5, 5.41) is 12.4. The fourth-order valence-corrected chi connectivity index (χ4v) is 2.88. The second-order valence-electron chi connectivity index (χ2n) is 5.18. The van der Waals surface area contributed by atoms with Crippen molar-refractivity contribution in [1.29, 1.82) is 0 Å². The van der Waals surface area contributed by atoms with E-state index in [-0.39, 0.29) is 5.78 Å². The molecule has 0 N–H and O–H groups in total. The average Bonchev–Trinajstić information content (AvgIpc) is 3.01. The molecule has 0 aliphatic carbocycles. The molecule has 0 spiro atoms. The molecule has 1 aromatic heterocycles. The second kappa shape index (κ2) is 7.19. The van der Waals surface area contributed by atoms with E-state index >= 15 is 0 Å². The summed E-state index contributed by atoms with van der Waals surface area (Å²) >= 11 is 1.36. The van der Waals surface area contributed by atoms with E-state index in [1.54, 1.807) is 4.68 Å². The standard InChI is InChI=1S/C17H16N4OS/c1-13-7-9-15(10-8-13)16(22)12-23-17-18-19-20-21(17)11-14-5-3-2-4-6-14/h2-10H,11-12H2,1H3. The van der Waals surface area contributed by atoms with Gasteiger partial charge in [0, 0.05) is 5.56 Å². The van der Waals surface area contributed by atoms with Crippen molar-refractivity contribution in [2.24, 2.45) is 0 Å². The zero-order chi connectivity index (χ0) is 16.1. The van der Waals surface area contributed by atoms with Gasteiger partial charge in [0.15, 0.2) is 5.78 Å². The lowest BCUT2D eigenvalue weighted by Gasteiger charge is -2.04. The Morgan fingerprint density at radius 3 is 2.57 bits per heavy atom. The number of hydrogen-bond donors (Lipinski definition) is 0. The Labute approximate surface area is 138 Å². The van der Waals surface area contributed by atoms with Gasteiger partial charge in [0.2, 0.25) is 5.16 Å². The van der Waals surface area contributed by atoms with Crippen molar-refractivity contribution < 1.29 is 4.79 Å². The van der Waals surface area contributed by atoms with Crippen LogP contribution < -0.4 is 0 Å². The first kappa shape index (κ1) is 15.4. The molecule has 2 aromatic carbocycles. The molecule has 0 bridgehead atoms. The van der Waals surface area contributed by atoms with Crippen LogP contribution in [-0.2, 0) is 6.54 Å². The number of rotatable bonds is 6. The van der Waals surface area contributed by atoms with Gasteiger partial charge in [-0.05, 0) is 22.9 Å². The smallest absolute Gasteiger partial charge is 0.210 e. The van der Waals surface area contributed by atoms with Crippen LogP contribution in [0.3, 0.4) is 0 Å². The largest absolute Gasteiger partial charge is 0.293 e. The van der Waals surface area contributed by atoms with Gasteiger partial charge in [-0.15, -0.1) is 5.10 Å². The van der Waals surface area contributed by atoms with Gasteiger partial charge in [0.05, 0.1) is 12.3 Å². The molecule has 0 amide bonds. The highest BCUT2D eigenvalue weighted by Gasteiger charge is 2.11. The number of hydrogen-bond acceptors (Lipinski definition) is 5. The number of ketones is 1. The summed E-state index contributed by atoms with van der Waals surface area (Å²) in [5.41, 5.74) is 2.97. The lowest BCUT2D eigenvalue weighted by molar-refractivity contribution is 0.102. The predicted octanol–water partition coefficient (Wildman–Crippen LogP) is 3.00. The number of tetrazole rings is 1. The summed E-state index contributed by atoms with van der Waals surface area (Å²) in [6.45, 7) is 2.59. The molecule has 116 valence electrons. The lowest BCUT2D eigenvalue weighted by atomic mass is 10.1. The van der Waals surface area contributed by atoms with E-state index in [9.17, 15) is 4.79 Å². The van der Waals surface area contributed by atoms with Crippen molar-refractivity contribution in [2.45, 2.75) is 18.6 Å². The first-order valence-electron chi connectivity index (χ1n) is 7.25. The van der Waals surface area contributed by atoms with Crippen molar-refractivity contribution in [3.63, 3.8) is 0 Å². The first-order chi connectivity index (χ1) is 11.2. The highest BCUT2D eigenvalue weighted by molar-refractivity contribution is 7.99. The Hall–Kier alpha value is -2.47. The zero-order valence-corrected chi connectivity index (χ0v) is 13.5. The number of thioether (sulfide) groups is 1. The predicted molar refractivity (Wildman–Crippen MR) is 89.6 cm³/mol. The molecule has 0 aliphatic heterocycles. The van der Waals surface area contributed by atoms with Crippen molar-refractivity contribution in [3.8, 4) is 0 Å². The van der Waals surface area contributed by atoms with Crippen LogP contribution in [0.2, 0.25) is 0 Å². The highest BCUT2D eigenvalue weighted by Crippen LogP contribution is 2.17. The number of Topliss-reactive ketones (excluding diaryl/α,β-unsaturated/α-hetero) is 1. The van der Waals surface area contributed by atoms with E-state index in [1.165, 1.54) is 11.8 Å². The Kier molecular flexibility index (Phi) is 4.83. The van der Waals surface area contributed by atoms with E-state index < -0.39 is 0 Å². The third kappa shape index (κ3) is 4.04. The number of nitrogens with zero attached hydrogens (tertiary/aromatic N) is 4.